The summed E-state index contributed by atoms with van der Waals surface area (Å²) in [6, 6.07) is 2.85. The Bertz CT molecular complexity index is 566. The van der Waals surface area contributed by atoms with Crippen molar-refractivity contribution in [2.75, 3.05) is 19.0 Å². The lowest BCUT2D eigenvalue weighted by molar-refractivity contribution is -0.120. The second-order valence-electron chi connectivity index (χ2n) is 6.41. The molecule has 1 aromatic heterocycles. The van der Waals surface area contributed by atoms with Crippen molar-refractivity contribution < 1.29 is 19.1 Å². The standard InChI is InChI=1S/C16H23N3O4/c1-16(2,3)23-15(21)19-9-5-6-12(19)14(20)18-11-7-8-13(22-4)17-10-11/h7-8,10,12H,5-6,9H2,1-4H3,(H,18,20). The molecule has 1 aromatic rings. The molecule has 1 saturated heterocycles. The van der Waals surface area contributed by atoms with E-state index in [2.05, 4.69) is 10.3 Å². The van der Waals surface area contributed by atoms with Gasteiger partial charge in [0.15, 0.2) is 0 Å². The summed E-state index contributed by atoms with van der Waals surface area (Å²) in [5.74, 6) is 0.236. The van der Waals surface area contributed by atoms with Gasteiger partial charge in [-0.3, -0.25) is 9.69 Å². The predicted octanol–water partition coefficient (Wildman–Crippen LogP) is 2.43. The lowest BCUT2D eigenvalue weighted by Crippen LogP contribution is -2.45. The number of nitrogens with zero attached hydrogens (tertiary/aromatic N) is 2. The summed E-state index contributed by atoms with van der Waals surface area (Å²) in [7, 11) is 1.53. The Hall–Kier alpha value is -2.31. The van der Waals surface area contributed by atoms with E-state index < -0.39 is 17.7 Å². The fourth-order valence-corrected chi connectivity index (χ4v) is 2.38. The molecule has 2 rings (SSSR count). The van der Waals surface area contributed by atoms with E-state index in [1.165, 1.54) is 18.2 Å². The van der Waals surface area contributed by atoms with Gasteiger partial charge in [-0.1, -0.05) is 0 Å². The number of methoxy groups -OCH3 is 1. The van der Waals surface area contributed by atoms with Crippen LogP contribution in [0.1, 0.15) is 33.6 Å². The number of anilines is 1. The van der Waals surface area contributed by atoms with Gasteiger partial charge >= 0.3 is 6.09 Å². The van der Waals surface area contributed by atoms with Crippen LogP contribution >= 0.6 is 0 Å². The Kier molecular flexibility index (Phi) is 5.08. The van der Waals surface area contributed by atoms with Gasteiger partial charge in [0.2, 0.25) is 11.8 Å². The molecule has 1 fully saturated rings. The van der Waals surface area contributed by atoms with Crippen LogP contribution in [0.5, 0.6) is 5.88 Å². The molecule has 0 spiro atoms. The van der Waals surface area contributed by atoms with Crippen molar-refractivity contribution in [2.24, 2.45) is 0 Å². The summed E-state index contributed by atoms with van der Waals surface area (Å²) in [4.78, 5) is 30.2. The third kappa shape index (κ3) is 4.58. The number of hydrogen-bond donors (Lipinski definition) is 1. The molecule has 0 aromatic carbocycles. The van der Waals surface area contributed by atoms with Crippen molar-refractivity contribution >= 4 is 17.7 Å². The van der Waals surface area contributed by atoms with Crippen LogP contribution in [0.15, 0.2) is 18.3 Å². The van der Waals surface area contributed by atoms with E-state index in [9.17, 15) is 9.59 Å². The van der Waals surface area contributed by atoms with Crippen molar-refractivity contribution in [3.63, 3.8) is 0 Å². The lowest BCUT2D eigenvalue weighted by Gasteiger charge is -2.28. The van der Waals surface area contributed by atoms with Gasteiger partial charge < -0.3 is 14.8 Å². The highest BCUT2D eigenvalue weighted by molar-refractivity contribution is 5.96. The number of amides is 2. The van der Waals surface area contributed by atoms with E-state index >= 15 is 0 Å². The molecular formula is C16H23N3O4. The van der Waals surface area contributed by atoms with Crippen molar-refractivity contribution in [2.45, 2.75) is 45.3 Å². The number of likely N-dealkylation sites (tertiary alicyclic amines) is 1. The first-order valence-electron chi connectivity index (χ1n) is 7.60. The molecule has 7 nitrogen and oxygen atoms in total. The van der Waals surface area contributed by atoms with E-state index in [1.54, 1.807) is 32.9 Å². The molecular weight excluding hydrogens is 298 g/mol. The van der Waals surface area contributed by atoms with Crippen LogP contribution < -0.4 is 10.1 Å². The van der Waals surface area contributed by atoms with Gasteiger partial charge in [0.25, 0.3) is 0 Å². The number of carbonyl (C=O) groups is 2. The Morgan fingerprint density at radius 1 is 1.35 bits per heavy atom. The first kappa shape index (κ1) is 17.1. The fraction of sp³-hybridized carbons (Fsp3) is 0.562. The molecule has 2 amide bonds. The monoisotopic (exact) mass is 321 g/mol. The van der Waals surface area contributed by atoms with Crippen LogP contribution in [0.25, 0.3) is 0 Å². The maximum Gasteiger partial charge on any atom is 0.410 e. The average Bonchev–Trinajstić information content (AvgIpc) is 2.96. The van der Waals surface area contributed by atoms with Gasteiger partial charge in [0.1, 0.15) is 11.6 Å². The van der Waals surface area contributed by atoms with Crippen molar-refractivity contribution in [3.8, 4) is 5.88 Å². The van der Waals surface area contributed by atoms with Gasteiger partial charge in [-0.05, 0) is 39.7 Å². The summed E-state index contributed by atoms with van der Waals surface area (Å²) in [6.45, 7) is 5.94. The molecule has 0 saturated carbocycles. The minimum atomic E-state index is -0.583. The van der Waals surface area contributed by atoms with Gasteiger partial charge in [-0.25, -0.2) is 9.78 Å². The minimum Gasteiger partial charge on any atom is -0.481 e. The zero-order valence-corrected chi connectivity index (χ0v) is 14.0. The molecule has 1 N–H and O–H groups in total. The first-order chi connectivity index (χ1) is 10.8. The maximum atomic E-state index is 12.4. The van der Waals surface area contributed by atoms with Crippen LogP contribution in [-0.4, -0.2) is 47.2 Å². The molecule has 2 heterocycles. The van der Waals surface area contributed by atoms with E-state index in [4.69, 9.17) is 9.47 Å². The molecule has 0 radical (unpaired) electrons. The number of hydrogen-bond acceptors (Lipinski definition) is 5. The average molecular weight is 321 g/mol. The third-order valence-electron chi connectivity index (χ3n) is 3.40. The second-order valence-corrected chi connectivity index (χ2v) is 6.41. The second kappa shape index (κ2) is 6.85. The zero-order valence-electron chi connectivity index (χ0n) is 14.0. The Morgan fingerprint density at radius 2 is 2.09 bits per heavy atom. The summed E-state index contributed by atoms with van der Waals surface area (Å²) in [5.41, 5.74) is -0.0208. The first-order valence-corrected chi connectivity index (χ1v) is 7.60. The van der Waals surface area contributed by atoms with Crippen LogP contribution in [0.4, 0.5) is 10.5 Å². The molecule has 23 heavy (non-hydrogen) atoms. The highest BCUT2D eigenvalue weighted by atomic mass is 16.6. The van der Waals surface area contributed by atoms with E-state index in [-0.39, 0.29) is 5.91 Å². The smallest absolute Gasteiger partial charge is 0.410 e. The molecule has 0 bridgehead atoms. The van der Waals surface area contributed by atoms with Crippen LogP contribution in [0.3, 0.4) is 0 Å². The predicted molar refractivity (Wildman–Crippen MR) is 85.4 cm³/mol. The highest BCUT2D eigenvalue weighted by Gasteiger charge is 2.36. The Morgan fingerprint density at radius 3 is 2.65 bits per heavy atom. The lowest BCUT2D eigenvalue weighted by atomic mass is 10.2. The van der Waals surface area contributed by atoms with Crippen molar-refractivity contribution in [1.29, 1.82) is 0 Å². The summed E-state index contributed by atoms with van der Waals surface area (Å²) < 4.78 is 10.3. The van der Waals surface area contributed by atoms with Gasteiger partial charge in [0.05, 0.1) is 19.0 Å². The summed E-state index contributed by atoms with van der Waals surface area (Å²) in [5, 5.41) is 2.78. The van der Waals surface area contributed by atoms with E-state index in [0.717, 1.165) is 6.42 Å². The number of pyridine rings is 1. The van der Waals surface area contributed by atoms with Gasteiger partial charge in [-0.2, -0.15) is 0 Å². The number of nitrogens with one attached hydrogen (secondary N) is 1. The number of rotatable bonds is 3. The van der Waals surface area contributed by atoms with Crippen molar-refractivity contribution in [1.82, 2.24) is 9.88 Å². The SMILES string of the molecule is COc1ccc(NC(=O)C2CCCN2C(=O)OC(C)(C)C)cn1. The molecule has 126 valence electrons. The number of ether oxygens (including phenoxy) is 2. The number of aromatic nitrogens is 1. The van der Waals surface area contributed by atoms with Gasteiger partial charge in [0, 0.05) is 12.6 Å². The molecule has 1 unspecified atom stereocenters. The Labute approximate surface area is 136 Å². The third-order valence-corrected chi connectivity index (χ3v) is 3.40. The minimum absolute atomic E-state index is 0.236. The maximum absolute atomic E-state index is 12.4. The summed E-state index contributed by atoms with van der Waals surface area (Å²) in [6.07, 6.45) is 2.46. The van der Waals surface area contributed by atoms with Crippen LogP contribution in [0, 0.1) is 0 Å². The molecule has 1 aliphatic heterocycles. The molecule has 1 atom stereocenters. The van der Waals surface area contributed by atoms with E-state index in [1.807, 2.05) is 0 Å². The highest BCUT2D eigenvalue weighted by Crippen LogP contribution is 2.22. The zero-order chi connectivity index (χ0) is 17.0. The topological polar surface area (TPSA) is 80.8 Å². The normalized spacial score (nSPS) is 17.7. The summed E-state index contributed by atoms with van der Waals surface area (Å²) >= 11 is 0. The number of carbonyl (C=O) groups excluding carboxylic acids is 2. The molecule has 7 heteroatoms. The van der Waals surface area contributed by atoms with Crippen LogP contribution in [-0.2, 0) is 9.53 Å². The molecule has 1 aliphatic rings. The Balaban J connectivity index is 2.00. The van der Waals surface area contributed by atoms with Crippen molar-refractivity contribution in [3.05, 3.63) is 18.3 Å². The van der Waals surface area contributed by atoms with E-state index in [0.29, 0.717) is 24.5 Å². The fourth-order valence-electron chi connectivity index (χ4n) is 2.38. The molecule has 0 aliphatic carbocycles. The quantitative estimate of drug-likeness (QED) is 0.925. The van der Waals surface area contributed by atoms with Gasteiger partial charge in [-0.15, -0.1) is 0 Å². The van der Waals surface area contributed by atoms with Crippen LogP contribution in [0.2, 0.25) is 0 Å². The largest absolute Gasteiger partial charge is 0.481 e.